The molecule has 3 aliphatic rings. The zero-order valence-corrected chi connectivity index (χ0v) is 21.4. The first kappa shape index (κ1) is 23.8. The summed E-state index contributed by atoms with van der Waals surface area (Å²) in [6, 6.07) is 6.46. The molecule has 1 aromatic carbocycles. The lowest BCUT2D eigenvalue weighted by Gasteiger charge is -2.42. The third kappa shape index (κ3) is 4.02. The monoisotopic (exact) mass is 523 g/mol. The Morgan fingerprint density at radius 3 is 2.51 bits per heavy atom. The predicted octanol–water partition coefficient (Wildman–Crippen LogP) is 3.57. The van der Waals surface area contributed by atoms with Crippen molar-refractivity contribution in [2.75, 3.05) is 23.4 Å². The molecule has 3 fully saturated rings. The van der Waals surface area contributed by atoms with Crippen LogP contribution in [0, 0.1) is 12.8 Å². The van der Waals surface area contributed by atoms with Crippen molar-refractivity contribution in [3.05, 3.63) is 58.9 Å². The van der Waals surface area contributed by atoms with Gasteiger partial charge in [-0.3, -0.25) is 9.36 Å². The molecule has 1 spiro atoms. The molecule has 1 saturated carbocycles. The summed E-state index contributed by atoms with van der Waals surface area (Å²) >= 11 is 5.94. The van der Waals surface area contributed by atoms with E-state index in [9.17, 15) is 9.59 Å². The second-order valence-corrected chi connectivity index (χ2v) is 10.6. The molecule has 1 unspecified atom stereocenters. The highest BCUT2D eigenvalue weighted by atomic mass is 35.5. The molecule has 0 radical (unpaired) electrons. The Hall–Kier alpha value is -3.57. The molecule has 0 bridgehead atoms. The first-order chi connectivity index (χ1) is 17.7. The fourth-order valence-corrected chi connectivity index (χ4v) is 5.24. The minimum atomic E-state index is -0.680. The number of carbonyl (C=O) groups excluding carboxylic acids is 2. The quantitative estimate of drug-likeness (QED) is 0.516. The Kier molecular flexibility index (Phi) is 5.46. The maximum atomic E-state index is 12.9. The van der Waals surface area contributed by atoms with Crippen molar-refractivity contribution in [3.63, 3.8) is 0 Å². The number of nitrogens with one attached hydrogen (secondary N) is 1. The van der Waals surface area contributed by atoms with Gasteiger partial charge >= 0.3 is 6.09 Å². The summed E-state index contributed by atoms with van der Waals surface area (Å²) in [4.78, 5) is 45.4. The average molecular weight is 524 g/mol. The highest BCUT2D eigenvalue weighted by Crippen LogP contribution is 2.47. The van der Waals surface area contributed by atoms with Gasteiger partial charge in [-0.05, 0) is 49.9 Å². The predicted molar refractivity (Wildman–Crippen MR) is 134 cm³/mol. The molecule has 2 aliphatic heterocycles. The Morgan fingerprint density at radius 1 is 1.16 bits per heavy atom. The van der Waals surface area contributed by atoms with Gasteiger partial charge in [0, 0.05) is 16.8 Å². The number of hydrogen-bond donors (Lipinski definition) is 1. The van der Waals surface area contributed by atoms with E-state index in [-0.39, 0.29) is 23.8 Å². The van der Waals surface area contributed by atoms with Crippen LogP contribution in [-0.4, -0.2) is 61.4 Å². The summed E-state index contributed by atoms with van der Waals surface area (Å²) in [6.45, 7) is 6.53. The molecule has 1 N–H and O–H groups in total. The van der Waals surface area contributed by atoms with Crippen molar-refractivity contribution >= 4 is 35.5 Å². The number of rotatable bonds is 6. The largest absolute Gasteiger partial charge is 0.435 e. The Balaban J connectivity index is 1.26. The maximum absolute atomic E-state index is 12.9. The number of nitrogens with zero attached hydrogens (tertiary/aromatic N) is 6. The van der Waals surface area contributed by atoms with E-state index in [1.807, 2.05) is 13.8 Å². The van der Waals surface area contributed by atoms with Crippen LogP contribution in [0.25, 0.3) is 0 Å². The number of benzene rings is 1. The maximum Gasteiger partial charge on any atom is 0.417 e. The number of amides is 1. The van der Waals surface area contributed by atoms with Gasteiger partial charge in [-0.15, -0.1) is 0 Å². The number of halogens is 1. The molecule has 4 heterocycles. The summed E-state index contributed by atoms with van der Waals surface area (Å²) < 4.78 is 12.6. The second kappa shape index (κ2) is 8.49. The van der Waals surface area contributed by atoms with Gasteiger partial charge < -0.3 is 14.8 Å². The standard InChI is InChI=1S/C25H26ClN7O4/c1-14(2)19-25(11-36-12-25)37-23(35)33(19)22-29-15(3)28-21(30-22)31-24(8-9-24)18-10-32(13-27-18)20(34)16-4-6-17(26)7-5-16/h4-7,10,13-14,19H,8-9,11-12H2,1-3H3,(H,28,29,30,31). The van der Waals surface area contributed by atoms with Gasteiger partial charge in [0.05, 0.1) is 30.5 Å². The number of imidazole rings is 1. The molecular weight excluding hydrogens is 498 g/mol. The first-order valence-corrected chi connectivity index (χ1v) is 12.5. The van der Waals surface area contributed by atoms with Crippen molar-refractivity contribution in [1.29, 1.82) is 0 Å². The third-order valence-corrected chi connectivity index (χ3v) is 7.33. The molecule has 12 heteroatoms. The van der Waals surface area contributed by atoms with Crippen molar-refractivity contribution in [1.82, 2.24) is 24.5 Å². The lowest BCUT2D eigenvalue weighted by molar-refractivity contribution is -0.174. The van der Waals surface area contributed by atoms with E-state index in [0.717, 1.165) is 12.8 Å². The van der Waals surface area contributed by atoms with Crippen LogP contribution < -0.4 is 10.2 Å². The van der Waals surface area contributed by atoms with Gasteiger partial charge in [0.2, 0.25) is 11.9 Å². The van der Waals surface area contributed by atoms with Crippen LogP contribution in [0.3, 0.4) is 0 Å². The van der Waals surface area contributed by atoms with Gasteiger partial charge in [-0.25, -0.2) is 14.7 Å². The summed E-state index contributed by atoms with van der Waals surface area (Å²) in [6.07, 6.45) is 4.32. The SMILES string of the molecule is Cc1nc(NC2(c3cn(C(=O)c4ccc(Cl)cc4)cn3)CC2)nc(N2C(=O)OC3(COC3)C2C(C)C)n1. The van der Waals surface area contributed by atoms with Gasteiger partial charge in [0.15, 0.2) is 5.60 Å². The molecule has 6 rings (SSSR count). The van der Waals surface area contributed by atoms with Gasteiger partial charge in [-0.2, -0.15) is 15.0 Å². The molecule has 1 amide bonds. The van der Waals surface area contributed by atoms with Crippen molar-refractivity contribution in [2.45, 2.75) is 50.8 Å². The topological polar surface area (TPSA) is 124 Å². The number of carbonyl (C=O) groups is 2. The Morgan fingerprint density at radius 2 is 1.89 bits per heavy atom. The van der Waals surface area contributed by atoms with Gasteiger partial charge in [0.1, 0.15) is 12.2 Å². The zero-order chi connectivity index (χ0) is 25.9. The smallest absolute Gasteiger partial charge is 0.417 e. The van der Waals surface area contributed by atoms with Gasteiger partial charge in [0.25, 0.3) is 5.91 Å². The lowest BCUT2D eigenvalue weighted by Crippen LogP contribution is -2.61. The number of ether oxygens (including phenoxy) is 2. The highest BCUT2D eigenvalue weighted by molar-refractivity contribution is 6.30. The normalized spacial score (nSPS) is 21.2. The number of hydrogen-bond acceptors (Lipinski definition) is 9. The van der Waals surface area contributed by atoms with Crippen LogP contribution in [0.4, 0.5) is 16.7 Å². The second-order valence-electron chi connectivity index (χ2n) is 10.2. The van der Waals surface area contributed by atoms with E-state index in [0.29, 0.717) is 41.3 Å². The molecule has 2 aromatic heterocycles. The molecule has 3 aromatic rings. The van der Waals surface area contributed by atoms with Crippen LogP contribution in [0.5, 0.6) is 0 Å². The minimum Gasteiger partial charge on any atom is -0.435 e. The minimum absolute atomic E-state index is 0.0979. The van der Waals surface area contributed by atoms with Crippen molar-refractivity contribution < 1.29 is 19.1 Å². The lowest BCUT2D eigenvalue weighted by atomic mass is 9.84. The summed E-state index contributed by atoms with van der Waals surface area (Å²) in [7, 11) is 0. The summed E-state index contributed by atoms with van der Waals surface area (Å²) in [5, 5.41) is 3.95. The third-order valence-electron chi connectivity index (χ3n) is 7.08. The molecule has 1 aliphatic carbocycles. The van der Waals surface area contributed by atoms with Gasteiger partial charge in [-0.1, -0.05) is 25.4 Å². The van der Waals surface area contributed by atoms with E-state index >= 15 is 0 Å². The van der Waals surface area contributed by atoms with E-state index in [1.165, 1.54) is 15.8 Å². The molecule has 192 valence electrons. The van der Waals surface area contributed by atoms with Crippen LogP contribution in [0.15, 0.2) is 36.8 Å². The molecule has 2 saturated heterocycles. The van der Waals surface area contributed by atoms with E-state index in [4.69, 9.17) is 21.1 Å². The van der Waals surface area contributed by atoms with Crippen LogP contribution in [0.1, 0.15) is 48.6 Å². The highest BCUT2D eigenvalue weighted by Gasteiger charge is 2.61. The number of anilines is 2. The van der Waals surface area contributed by atoms with Crippen LogP contribution >= 0.6 is 11.6 Å². The van der Waals surface area contributed by atoms with Crippen molar-refractivity contribution in [3.8, 4) is 0 Å². The Bertz CT molecular complexity index is 1380. The molecular formula is C25H26ClN7O4. The summed E-state index contributed by atoms with van der Waals surface area (Å²) in [5.41, 5.74) is 0.0275. The zero-order valence-electron chi connectivity index (χ0n) is 20.6. The van der Waals surface area contributed by atoms with Crippen LogP contribution in [-0.2, 0) is 15.0 Å². The fourth-order valence-electron chi connectivity index (χ4n) is 5.11. The molecule has 1 atom stereocenters. The van der Waals surface area contributed by atoms with Crippen molar-refractivity contribution in [2.24, 2.45) is 5.92 Å². The van der Waals surface area contributed by atoms with E-state index in [1.54, 1.807) is 37.4 Å². The fraction of sp³-hybridized carbons (Fsp3) is 0.440. The molecule has 11 nitrogen and oxygen atoms in total. The Labute approximate surface area is 218 Å². The molecule has 37 heavy (non-hydrogen) atoms. The van der Waals surface area contributed by atoms with E-state index < -0.39 is 17.2 Å². The van der Waals surface area contributed by atoms with Crippen LogP contribution in [0.2, 0.25) is 5.02 Å². The number of aryl methyl sites for hydroxylation is 1. The average Bonchev–Trinajstić information content (AvgIpc) is 3.29. The first-order valence-electron chi connectivity index (χ1n) is 12.2. The number of aromatic nitrogens is 5. The van der Waals surface area contributed by atoms with E-state index in [2.05, 4.69) is 25.3 Å². The summed E-state index contributed by atoms with van der Waals surface area (Å²) in [5.74, 6) is 0.931.